The van der Waals surface area contributed by atoms with E-state index >= 15 is 0 Å². The number of carbonyl (C=O) groups excluding carboxylic acids is 2. The molecule has 0 saturated heterocycles. The van der Waals surface area contributed by atoms with E-state index in [0.717, 1.165) is 30.0 Å². The Bertz CT molecular complexity index is 963. The molecule has 3 aromatic carbocycles. The number of rotatable bonds is 10. The van der Waals surface area contributed by atoms with Gasteiger partial charge in [-0.3, -0.25) is 4.79 Å². The highest BCUT2D eigenvalue weighted by Crippen LogP contribution is 2.20. The maximum absolute atomic E-state index is 12.5. The van der Waals surface area contributed by atoms with E-state index in [1.54, 1.807) is 12.1 Å². The number of carbonyl (C=O) groups is 2. The van der Waals surface area contributed by atoms with Crippen molar-refractivity contribution in [3.05, 3.63) is 83.4 Å². The van der Waals surface area contributed by atoms with Crippen molar-refractivity contribution in [2.45, 2.75) is 32.3 Å². The molecule has 0 spiro atoms. The zero-order chi connectivity index (χ0) is 20.5. The second-order valence-corrected chi connectivity index (χ2v) is 7.04. The lowest BCUT2D eigenvalue weighted by molar-refractivity contribution is 0.0600. The maximum Gasteiger partial charge on any atom is 0.337 e. The number of fused-ring (bicyclic) bond motifs is 1. The molecule has 0 bridgehead atoms. The van der Waals surface area contributed by atoms with Gasteiger partial charge in [0.05, 0.1) is 19.3 Å². The fourth-order valence-corrected chi connectivity index (χ4v) is 3.24. The maximum atomic E-state index is 12.5. The number of Topliss-reactive ketones (excluding diaryl/α,β-unsaturated/α-hetero) is 1. The van der Waals surface area contributed by atoms with Crippen molar-refractivity contribution in [2.24, 2.45) is 0 Å². The molecule has 0 aliphatic heterocycles. The van der Waals surface area contributed by atoms with Crippen molar-refractivity contribution in [1.82, 2.24) is 0 Å². The van der Waals surface area contributed by atoms with E-state index in [1.165, 1.54) is 12.7 Å². The van der Waals surface area contributed by atoms with Crippen LogP contribution in [0.5, 0.6) is 0 Å². The Morgan fingerprint density at radius 1 is 0.793 bits per heavy atom. The Hall–Kier alpha value is -2.98. The summed E-state index contributed by atoms with van der Waals surface area (Å²) in [5, 5.41) is 1.86. The van der Waals surface area contributed by atoms with Gasteiger partial charge in [-0.05, 0) is 47.4 Å². The van der Waals surface area contributed by atoms with Gasteiger partial charge in [0.1, 0.15) is 0 Å². The fourth-order valence-electron chi connectivity index (χ4n) is 3.24. The highest BCUT2D eigenvalue weighted by Gasteiger charge is 2.09. The molecule has 0 saturated carbocycles. The van der Waals surface area contributed by atoms with E-state index in [1.807, 2.05) is 42.5 Å². The molecule has 4 nitrogen and oxygen atoms in total. The predicted molar refractivity (Wildman–Crippen MR) is 114 cm³/mol. The SMILES string of the molecule is COC(=O)c1ccc2ccc(C(=O)CCCCCOCc3ccccc3)cc2c1. The van der Waals surface area contributed by atoms with Crippen LogP contribution in [0, 0.1) is 0 Å². The van der Waals surface area contributed by atoms with Crippen molar-refractivity contribution >= 4 is 22.5 Å². The van der Waals surface area contributed by atoms with Gasteiger partial charge in [-0.25, -0.2) is 4.79 Å². The molecule has 150 valence electrons. The fraction of sp³-hybridized carbons (Fsp3) is 0.280. The van der Waals surface area contributed by atoms with Gasteiger partial charge in [-0.2, -0.15) is 0 Å². The van der Waals surface area contributed by atoms with E-state index in [0.29, 0.717) is 30.8 Å². The second kappa shape index (κ2) is 10.5. The summed E-state index contributed by atoms with van der Waals surface area (Å²) in [5.41, 5.74) is 2.34. The lowest BCUT2D eigenvalue weighted by Gasteiger charge is -2.06. The average molecular weight is 390 g/mol. The first-order chi connectivity index (χ1) is 14.2. The van der Waals surface area contributed by atoms with Crippen LogP contribution in [-0.2, 0) is 16.1 Å². The molecule has 0 aliphatic carbocycles. The summed E-state index contributed by atoms with van der Waals surface area (Å²) in [5.74, 6) is -0.251. The zero-order valence-electron chi connectivity index (χ0n) is 16.7. The van der Waals surface area contributed by atoms with Gasteiger partial charge < -0.3 is 9.47 Å². The lowest BCUT2D eigenvalue weighted by Crippen LogP contribution is -2.02. The van der Waals surface area contributed by atoms with Gasteiger partial charge in [0.15, 0.2) is 5.78 Å². The van der Waals surface area contributed by atoms with Crippen LogP contribution < -0.4 is 0 Å². The summed E-state index contributed by atoms with van der Waals surface area (Å²) in [7, 11) is 1.36. The van der Waals surface area contributed by atoms with Crippen LogP contribution >= 0.6 is 0 Å². The summed E-state index contributed by atoms with van der Waals surface area (Å²) in [6.07, 6.45) is 3.26. The predicted octanol–water partition coefficient (Wildman–Crippen LogP) is 5.59. The van der Waals surface area contributed by atoms with Crippen LogP contribution in [-0.4, -0.2) is 25.5 Å². The van der Waals surface area contributed by atoms with Crippen molar-refractivity contribution in [1.29, 1.82) is 0 Å². The number of hydrogen-bond donors (Lipinski definition) is 0. The first kappa shape index (κ1) is 20.7. The molecule has 3 aromatic rings. The van der Waals surface area contributed by atoms with Gasteiger partial charge in [-0.15, -0.1) is 0 Å². The molecular formula is C25H26O4. The summed E-state index contributed by atoms with van der Waals surface area (Å²) in [6, 6.07) is 21.1. The molecule has 0 radical (unpaired) electrons. The lowest BCUT2D eigenvalue weighted by atomic mass is 10.00. The quantitative estimate of drug-likeness (QED) is 0.257. The van der Waals surface area contributed by atoms with Crippen LogP contribution in [0.1, 0.15) is 52.0 Å². The molecule has 0 aromatic heterocycles. The third-order valence-corrected chi connectivity index (χ3v) is 4.89. The minimum absolute atomic E-state index is 0.126. The van der Waals surface area contributed by atoms with Crippen molar-refractivity contribution in [3.63, 3.8) is 0 Å². The minimum atomic E-state index is -0.377. The van der Waals surface area contributed by atoms with E-state index in [4.69, 9.17) is 9.47 Å². The highest BCUT2D eigenvalue weighted by atomic mass is 16.5. The summed E-state index contributed by atoms with van der Waals surface area (Å²) in [6.45, 7) is 1.33. The van der Waals surface area contributed by atoms with E-state index in [9.17, 15) is 9.59 Å². The molecule has 0 heterocycles. The monoisotopic (exact) mass is 390 g/mol. The molecule has 29 heavy (non-hydrogen) atoms. The largest absolute Gasteiger partial charge is 0.465 e. The van der Waals surface area contributed by atoms with E-state index in [-0.39, 0.29) is 11.8 Å². The molecule has 0 N–H and O–H groups in total. The summed E-state index contributed by atoms with van der Waals surface area (Å²) >= 11 is 0. The Kier molecular flexibility index (Phi) is 7.54. The normalized spacial score (nSPS) is 10.8. The molecule has 0 aliphatic rings. The van der Waals surface area contributed by atoms with Crippen LogP contribution in [0.4, 0.5) is 0 Å². The Labute approximate surface area is 171 Å². The molecule has 4 heteroatoms. The van der Waals surface area contributed by atoms with Crippen LogP contribution in [0.3, 0.4) is 0 Å². The van der Waals surface area contributed by atoms with E-state index < -0.39 is 0 Å². The van der Waals surface area contributed by atoms with Gasteiger partial charge >= 0.3 is 5.97 Å². The average Bonchev–Trinajstić information content (AvgIpc) is 2.77. The van der Waals surface area contributed by atoms with Crippen molar-refractivity contribution < 1.29 is 19.1 Å². The number of esters is 1. The summed E-state index contributed by atoms with van der Waals surface area (Å²) < 4.78 is 10.4. The first-order valence-electron chi connectivity index (χ1n) is 9.94. The summed E-state index contributed by atoms with van der Waals surface area (Å²) in [4.78, 5) is 24.2. The minimum Gasteiger partial charge on any atom is -0.465 e. The van der Waals surface area contributed by atoms with Gasteiger partial charge in [0, 0.05) is 18.6 Å². The number of hydrogen-bond acceptors (Lipinski definition) is 4. The molecule has 0 atom stereocenters. The first-order valence-corrected chi connectivity index (χ1v) is 9.94. The van der Waals surface area contributed by atoms with Crippen molar-refractivity contribution in [3.8, 4) is 0 Å². The Morgan fingerprint density at radius 2 is 1.52 bits per heavy atom. The van der Waals surface area contributed by atoms with Crippen LogP contribution in [0.25, 0.3) is 10.8 Å². The molecule has 0 fully saturated rings. The van der Waals surface area contributed by atoms with Gasteiger partial charge in [-0.1, -0.05) is 55.0 Å². The Balaban J connectivity index is 1.44. The number of ether oxygens (including phenoxy) is 2. The van der Waals surface area contributed by atoms with Crippen LogP contribution in [0.2, 0.25) is 0 Å². The van der Waals surface area contributed by atoms with Crippen LogP contribution in [0.15, 0.2) is 66.7 Å². The van der Waals surface area contributed by atoms with Crippen molar-refractivity contribution in [2.75, 3.05) is 13.7 Å². The van der Waals surface area contributed by atoms with Gasteiger partial charge in [0.25, 0.3) is 0 Å². The number of benzene rings is 3. The number of ketones is 1. The topological polar surface area (TPSA) is 52.6 Å². The molecule has 0 amide bonds. The standard InChI is InChI=1S/C25H26O4/c1-28-25(27)22-14-12-20-11-13-21(16-23(20)17-22)24(26)10-6-3-7-15-29-18-19-8-4-2-5-9-19/h2,4-5,8-9,11-14,16-17H,3,6-7,10,15,18H2,1H3. The zero-order valence-corrected chi connectivity index (χ0v) is 16.7. The Morgan fingerprint density at radius 3 is 2.28 bits per heavy atom. The molecule has 3 rings (SSSR count). The molecule has 0 unspecified atom stereocenters. The highest BCUT2D eigenvalue weighted by molar-refractivity contribution is 6.01. The number of unbranched alkanes of at least 4 members (excludes halogenated alkanes) is 2. The second-order valence-electron chi connectivity index (χ2n) is 7.04. The molecular weight excluding hydrogens is 364 g/mol. The van der Waals surface area contributed by atoms with E-state index in [2.05, 4.69) is 12.1 Å². The van der Waals surface area contributed by atoms with Gasteiger partial charge in [0.2, 0.25) is 0 Å². The smallest absolute Gasteiger partial charge is 0.337 e. The third-order valence-electron chi connectivity index (χ3n) is 4.89. The number of methoxy groups -OCH3 is 1. The third kappa shape index (κ3) is 6.00.